The van der Waals surface area contributed by atoms with Crippen LogP contribution < -0.4 is 0 Å². The summed E-state index contributed by atoms with van der Waals surface area (Å²) in [7, 11) is 0. The summed E-state index contributed by atoms with van der Waals surface area (Å²) in [6.07, 6.45) is 5.32. The summed E-state index contributed by atoms with van der Waals surface area (Å²) in [6, 6.07) is 7.48. The van der Waals surface area contributed by atoms with Gasteiger partial charge in [0, 0.05) is 5.56 Å². The molecule has 0 unspecified atom stereocenters. The molecular formula is C14H13BrO. The number of alkyl halides is 1. The van der Waals surface area contributed by atoms with Crippen molar-refractivity contribution in [3.05, 3.63) is 66.8 Å². The summed E-state index contributed by atoms with van der Waals surface area (Å²) in [5, 5.41) is 0.338. The second kappa shape index (κ2) is 6.23. The molecule has 0 heterocycles. The maximum Gasteiger partial charge on any atom is 0.173 e. The summed E-state index contributed by atoms with van der Waals surface area (Å²) < 4.78 is 0. The van der Waals surface area contributed by atoms with E-state index in [0.29, 0.717) is 10.9 Å². The molecule has 1 rings (SSSR count). The molecule has 0 N–H and O–H groups in total. The number of Topliss-reactive ketones (excluding diaryl/α,β-unsaturated/α-hetero) is 1. The van der Waals surface area contributed by atoms with Crippen molar-refractivity contribution < 1.29 is 4.79 Å². The highest BCUT2D eigenvalue weighted by Crippen LogP contribution is 2.17. The standard InChI is InChI=1S/C14H13BrO/c1-3-6-11(4-2)12-7-5-8-13(9-12)14(16)10-15/h3-9H,1-2,10H2/b11-6+. The lowest BCUT2D eigenvalue weighted by Crippen LogP contribution is -2.00. The van der Waals surface area contributed by atoms with Crippen LogP contribution in [0.3, 0.4) is 0 Å². The quantitative estimate of drug-likeness (QED) is 0.451. The molecule has 0 saturated carbocycles. The van der Waals surface area contributed by atoms with Gasteiger partial charge in [-0.3, -0.25) is 4.79 Å². The van der Waals surface area contributed by atoms with Gasteiger partial charge in [0.15, 0.2) is 5.78 Å². The molecule has 0 bridgehead atoms. The average Bonchev–Trinajstić information content (AvgIpc) is 2.35. The van der Waals surface area contributed by atoms with Crippen LogP contribution in [-0.4, -0.2) is 11.1 Å². The number of rotatable bonds is 5. The topological polar surface area (TPSA) is 17.1 Å². The van der Waals surface area contributed by atoms with Gasteiger partial charge in [0.1, 0.15) is 0 Å². The van der Waals surface area contributed by atoms with Gasteiger partial charge in [0.2, 0.25) is 0 Å². The molecular weight excluding hydrogens is 264 g/mol. The van der Waals surface area contributed by atoms with Crippen LogP contribution >= 0.6 is 15.9 Å². The zero-order valence-electron chi connectivity index (χ0n) is 8.95. The lowest BCUT2D eigenvalue weighted by molar-refractivity contribution is 0.102. The first-order valence-electron chi connectivity index (χ1n) is 4.87. The highest BCUT2D eigenvalue weighted by Gasteiger charge is 2.05. The van der Waals surface area contributed by atoms with Gasteiger partial charge in [0.05, 0.1) is 5.33 Å². The Bertz CT molecular complexity index is 444. The van der Waals surface area contributed by atoms with E-state index in [1.165, 1.54) is 0 Å². The molecule has 0 aromatic heterocycles. The van der Waals surface area contributed by atoms with Gasteiger partial charge in [-0.1, -0.05) is 65.5 Å². The number of ketones is 1. The Morgan fingerprint density at radius 2 is 2.00 bits per heavy atom. The van der Waals surface area contributed by atoms with E-state index in [1.54, 1.807) is 12.2 Å². The van der Waals surface area contributed by atoms with E-state index >= 15 is 0 Å². The first-order valence-corrected chi connectivity index (χ1v) is 5.99. The number of halogens is 1. The van der Waals surface area contributed by atoms with Crippen molar-refractivity contribution in [3.63, 3.8) is 0 Å². The predicted octanol–water partition coefficient (Wildman–Crippen LogP) is 4.02. The Balaban J connectivity index is 3.16. The second-order valence-electron chi connectivity index (χ2n) is 3.20. The van der Waals surface area contributed by atoms with E-state index in [9.17, 15) is 4.79 Å². The molecule has 0 spiro atoms. The SMILES string of the molecule is C=C/C=C(\C=C)c1cccc(C(=O)CBr)c1. The van der Waals surface area contributed by atoms with Gasteiger partial charge < -0.3 is 0 Å². The number of benzene rings is 1. The van der Waals surface area contributed by atoms with Crippen LogP contribution in [0.5, 0.6) is 0 Å². The van der Waals surface area contributed by atoms with Crippen molar-refractivity contribution in [2.24, 2.45) is 0 Å². The molecule has 0 radical (unpaired) electrons. The van der Waals surface area contributed by atoms with Crippen molar-refractivity contribution in [2.75, 3.05) is 5.33 Å². The van der Waals surface area contributed by atoms with Crippen LogP contribution in [0.1, 0.15) is 15.9 Å². The van der Waals surface area contributed by atoms with Gasteiger partial charge in [-0.15, -0.1) is 0 Å². The molecule has 0 aliphatic heterocycles. The van der Waals surface area contributed by atoms with Gasteiger partial charge in [-0.25, -0.2) is 0 Å². The molecule has 0 aliphatic carbocycles. The summed E-state index contributed by atoms with van der Waals surface area (Å²) in [6.45, 7) is 7.39. The summed E-state index contributed by atoms with van der Waals surface area (Å²) >= 11 is 3.16. The van der Waals surface area contributed by atoms with E-state index in [2.05, 4.69) is 29.1 Å². The van der Waals surface area contributed by atoms with Crippen LogP contribution in [-0.2, 0) is 0 Å². The molecule has 82 valence electrons. The first kappa shape index (κ1) is 12.7. The van der Waals surface area contributed by atoms with E-state index in [4.69, 9.17) is 0 Å². The zero-order valence-corrected chi connectivity index (χ0v) is 10.5. The summed E-state index contributed by atoms with van der Waals surface area (Å²) in [5.41, 5.74) is 2.63. The highest BCUT2D eigenvalue weighted by molar-refractivity contribution is 9.09. The monoisotopic (exact) mass is 276 g/mol. The van der Waals surface area contributed by atoms with Crippen LogP contribution in [0.2, 0.25) is 0 Å². The first-order chi connectivity index (χ1) is 7.72. The number of allylic oxidation sites excluding steroid dienone is 4. The molecule has 1 nitrogen and oxygen atoms in total. The fraction of sp³-hybridized carbons (Fsp3) is 0.0714. The van der Waals surface area contributed by atoms with E-state index < -0.39 is 0 Å². The molecule has 0 atom stereocenters. The lowest BCUT2D eigenvalue weighted by atomic mass is 10.0. The Hall–Kier alpha value is -1.41. The normalized spacial score (nSPS) is 10.9. The summed E-state index contributed by atoms with van der Waals surface area (Å²) in [4.78, 5) is 11.5. The Morgan fingerprint density at radius 3 is 2.56 bits per heavy atom. The summed E-state index contributed by atoms with van der Waals surface area (Å²) in [5.74, 6) is 0.0730. The Morgan fingerprint density at radius 1 is 1.31 bits per heavy atom. The molecule has 1 aromatic rings. The molecule has 0 amide bonds. The fourth-order valence-corrected chi connectivity index (χ4v) is 1.68. The van der Waals surface area contributed by atoms with E-state index in [1.807, 2.05) is 30.3 Å². The Labute approximate surface area is 104 Å². The van der Waals surface area contributed by atoms with Gasteiger partial charge in [-0.2, -0.15) is 0 Å². The Kier molecular flexibility index (Phi) is 4.93. The number of hydrogen-bond donors (Lipinski definition) is 0. The molecule has 0 aliphatic rings. The number of carbonyl (C=O) groups is 1. The largest absolute Gasteiger partial charge is 0.293 e. The number of carbonyl (C=O) groups excluding carboxylic acids is 1. The third-order valence-corrected chi connectivity index (χ3v) is 2.67. The lowest BCUT2D eigenvalue weighted by Gasteiger charge is -2.04. The van der Waals surface area contributed by atoms with E-state index in [0.717, 1.165) is 11.1 Å². The van der Waals surface area contributed by atoms with Gasteiger partial charge >= 0.3 is 0 Å². The third-order valence-electron chi connectivity index (χ3n) is 2.16. The number of hydrogen-bond acceptors (Lipinski definition) is 1. The minimum absolute atomic E-state index is 0.0730. The maximum absolute atomic E-state index is 11.5. The van der Waals surface area contributed by atoms with Crippen molar-refractivity contribution in [1.82, 2.24) is 0 Å². The maximum atomic E-state index is 11.5. The molecule has 0 saturated heterocycles. The van der Waals surface area contributed by atoms with Crippen LogP contribution in [0.15, 0.2) is 55.7 Å². The van der Waals surface area contributed by atoms with Crippen LogP contribution in [0, 0.1) is 0 Å². The predicted molar refractivity (Wildman–Crippen MR) is 72.9 cm³/mol. The van der Waals surface area contributed by atoms with Gasteiger partial charge in [0.25, 0.3) is 0 Å². The second-order valence-corrected chi connectivity index (χ2v) is 3.76. The van der Waals surface area contributed by atoms with Crippen molar-refractivity contribution in [2.45, 2.75) is 0 Å². The minimum atomic E-state index is 0.0730. The average molecular weight is 277 g/mol. The van der Waals surface area contributed by atoms with E-state index in [-0.39, 0.29) is 5.78 Å². The van der Waals surface area contributed by atoms with Crippen LogP contribution in [0.4, 0.5) is 0 Å². The van der Waals surface area contributed by atoms with Gasteiger partial charge in [-0.05, 0) is 17.2 Å². The molecule has 1 aromatic carbocycles. The molecule has 2 heteroatoms. The van der Waals surface area contributed by atoms with Crippen molar-refractivity contribution >= 4 is 27.3 Å². The van der Waals surface area contributed by atoms with Crippen molar-refractivity contribution in [1.29, 1.82) is 0 Å². The minimum Gasteiger partial charge on any atom is -0.293 e. The smallest absolute Gasteiger partial charge is 0.173 e. The fourth-order valence-electron chi connectivity index (χ4n) is 1.36. The van der Waals surface area contributed by atoms with Crippen LogP contribution in [0.25, 0.3) is 5.57 Å². The molecule has 16 heavy (non-hydrogen) atoms. The molecule has 0 fully saturated rings. The third kappa shape index (κ3) is 3.04. The van der Waals surface area contributed by atoms with Crippen molar-refractivity contribution in [3.8, 4) is 0 Å². The zero-order chi connectivity index (χ0) is 12.0. The highest BCUT2D eigenvalue weighted by atomic mass is 79.9.